The standard InChI is InChI=1S/C18H23N6O4S/c1-20-12-15(16(25)22(3)18(20)26)29(27,28)24-10-8-23(9-11-24)17-19-13-6-4-5-7-14(13)21(17)2/h4-7,12,15H,8-11H2,1-3H3/q+1. The number of fused-ring (bicyclic) bond motifs is 1. The van der Waals surface area contributed by atoms with E-state index in [1.807, 2.05) is 40.8 Å². The van der Waals surface area contributed by atoms with E-state index >= 15 is 0 Å². The molecule has 154 valence electrons. The van der Waals surface area contributed by atoms with Crippen molar-refractivity contribution >= 4 is 45.2 Å². The molecule has 0 N–H and O–H groups in total. The summed E-state index contributed by atoms with van der Waals surface area (Å²) in [6.07, 6.45) is 1.18. The number of benzene rings is 1. The van der Waals surface area contributed by atoms with Crippen molar-refractivity contribution in [2.75, 3.05) is 45.2 Å². The number of carbonyl (C=O) groups is 2. The molecule has 0 aliphatic carbocycles. The van der Waals surface area contributed by atoms with Gasteiger partial charge in [-0.25, -0.2) is 22.8 Å². The van der Waals surface area contributed by atoms with Crippen molar-refractivity contribution in [2.24, 2.45) is 7.05 Å². The minimum Gasteiger partial charge on any atom is -0.340 e. The van der Waals surface area contributed by atoms with Gasteiger partial charge in [0, 0.05) is 33.2 Å². The number of carbonyl (C=O) groups excluding carboxylic acids is 2. The highest BCUT2D eigenvalue weighted by Gasteiger charge is 2.48. The molecule has 1 aromatic heterocycles. The zero-order chi connectivity index (χ0) is 20.9. The van der Waals surface area contributed by atoms with Gasteiger partial charge in [0.05, 0.1) is 25.1 Å². The second-order valence-electron chi connectivity index (χ2n) is 7.25. The Bertz CT molecular complexity index is 1130. The number of nitrogens with zero attached hydrogens (tertiary/aromatic N) is 6. The largest absolute Gasteiger partial charge is 0.500 e. The minimum absolute atomic E-state index is 0.241. The first kappa shape index (κ1) is 19.5. The Hall–Kier alpha value is -2.79. The fourth-order valence-corrected chi connectivity index (χ4v) is 5.52. The summed E-state index contributed by atoms with van der Waals surface area (Å²) in [6, 6.07) is 7.27. The molecule has 10 nitrogen and oxygen atoms in total. The molecular formula is C18H23N6O4S+. The molecule has 0 spiro atoms. The van der Waals surface area contributed by atoms with Crippen molar-refractivity contribution in [3.63, 3.8) is 0 Å². The molecule has 3 heterocycles. The summed E-state index contributed by atoms with van der Waals surface area (Å²) in [4.78, 5) is 31.8. The van der Waals surface area contributed by atoms with Crippen LogP contribution in [-0.4, -0.2) is 95.4 Å². The average Bonchev–Trinajstić information content (AvgIpc) is 3.06. The van der Waals surface area contributed by atoms with Crippen LogP contribution in [0.15, 0.2) is 24.3 Å². The van der Waals surface area contributed by atoms with Gasteiger partial charge in [-0.1, -0.05) is 12.1 Å². The summed E-state index contributed by atoms with van der Waals surface area (Å²) in [7, 11) is 0.745. The normalized spacial score (nSPS) is 21.8. The quantitative estimate of drug-likeness (QED) is 0.634. The van der Waals surface area contributed by atoms with E-state index in [0.29, 0.717) is 13.1 Å². The van der Waals surface area contributed by atoms with E-state index in [-0.39, 0.29) is 13.1 Å². The van der Waals surface area contributed by atoms with Crippen molar-refractivity contribution < 1.29 is 22.6 Å². The van der Waals surface area contributed by atoms with Crippen LogP contribution in [0.1, 0.15) is 0 Å². The van der Waals surface area contributed by atoms with Crippen LogP contribution in [0.2, 0.25) is 0 Å². The van der Waals surface area contributed by atoms with Gasteiger partial charge in [0.15, 0.2) is 0 Å². The van der Waals surface area contributed by atoms with Gasteiger partial charge in [0.25, 0.3) is 0 Å². The summed E-state index contributed by atoms with van der Waals surface area (Å²) < 4.78 is 30.6. The number of imide groups is 1. The number of aromatic nitrogens is 2. The Kier molecular flexibility index (Phi) is 4.66. The maximum absolute atomic E-state index is 13.1. The number of hydrogen-bond acceptors (Lipinski definition) is 6. The molecule has 1 fully saturated rings. The fourth-order valence-electron chi connectivity index (χ4n) is 3.78. The van der Waals surface area contributed by atoms with Crippen LogP contribution in [0.4, 0.5) is 10.7 Å². The number of para-hydroxylation sites is 2. The lowest BCUT2D eigenvalue weighted by Gasteiger charge is -2.35. The average molecular weight is 419 g/mol. The second-order valence-corrected chi connectivity index (χ2v) is 9.31. The topological polar surface area (TPSA) is 98.8 Å². The summed E-state index contributed by atoms with van der Waals surface area (Å²) >= 11 is 0. The van der Waals surface area contributed by atoms with Crippen molar-refractivity contribution in [1.29, 1.82) is 0 Å². The Morgan fingerprint density at radius 2 is 1.72 bits per heavy atom. The Balaban J connectivity index is 1.54. The zero-order valence-corrected chi connectivity index (χ0v) is 17.3. The van der Waals surface area contributed by atoms with Gasteiger partial charge in [0.2, 0.25) is 21.2 Å². The van der Waals surface area contributed by atoms with E-state index in [4.69, 9.17) is 0 Å². The van der Waals surface area contributed by atoms with Crippen molar-refractivity contribution in [2.45, 2.75) is 5.25 Å². The van der Waals surface area contributed by atoms with Crippen molar-refractivity contribution in [1.82, 2.24) is 18.8 Å². The van der Waals surface area contributed by atoms with Gasteiger partial charge in [-0.2, -0.15) is 14.0 Å². The molecule has 3 amide bonds. The molecule has 11 heteroatoms. The molecule has 0 radical (unpaired) electrons. The number of amides is 3. The Morgan fingerprint density at radius 1 is 1.07 bits per heavy atom. The third kappa shape index (κ3) is 3.10. The molecule has 0 bridgehead atoms. The maximum Gasteiger partial charge on any atom is 0.500 e. The van der Waals surface area contributed by atoms with Gasteiger partial charge in [-0.3, -0.25) is 0 Å². The lowest BCUT2D eigenvalue weighted by molar-refractivity contribution is -0.399. The molecule has 4 rings (SSSR count). The van der Waals surface area contributed by atoms with E-state index in [1.54, 1.807) is 0 Å². The highest BCUT2D eigenvalue weighted by Crippen LogP contribution is 2.23. The van der Waals surface area contributed by atoms with Gasteiger partial charge in [-0.15, -0.1) is 0 Å². The number of hydrogen-bond donors (Lipinski definition) is 0. The molecule has 1 aromatic carbocycles. The molecule has 2 aliphatic rings. The SMILES string of the molecule is CN1C(=O)C(S(=O)(=O)N2CCN(c3nc4ccccc4n3C)CC2)C=[N+](C)C1=O. The minimum atomic E-state index is -3.93. The van der Waals surface area contributed by atoms with E-state index < -0.39 is 27.2 Å². The van der Waals surface area contributed by atoms with Crippen molar-refractivity contribution in [3.05, 3.63) is 24.3 Å². The van der Waals surface area contributed by atoms with Gasteiger partial charge >= 0.3 is 11.9 Å². The van der Waals surface area contributed by atoms with Crippen LogP contribution < -0.4 is 4.90 Å². The molecule has 0 saturated carbocycles. The molecule has 2 aromatic rings. The molecule has 1 saturated heterocycles. The van der Waals surface area contributed by atoms with E-state index in [9.17, 15) is 18.0 Å². The zero-order valence-electron chi connectivity index (χ0n) is 16.5. The summed E-state index contributed by atoms with van der Waals surface area (Å²) in [6.45, 7) is 1.40. The first-order chi connectivity index (χ1) is 13.7. The molecule has 1 unspecified atom stereocenters. The van der Waals surface area contributed by atoms with Crippen LogP contribution >= 0.6 is 0 Å². The highest BCUT2D eigenvalue weighted by molar-refractivity contribution is 7.91. The monoisotopic (exact) mass is 419 g/mol. The Labute approximate surface area is 168 Å². The number of imidazole rings is 1. The van der Waals surface area contributed by atoms with Gasteiger partial charge in [0.1, 0.15) is 6.21 Å². The third-order valence-corrected chi connectivity index (χ3v) is 7.54. The predicted molar refractivity (Wildman–Crippen MR) is 108 cm³/mol. The smallest absolute Gasteiger partial charge is 0.340 e. The number of urea groups is 1. The van der Waals surface area contributed by atoms with Crippen LogP contribution in [0.3, 0.4) is 0 Å². The fraction of sp³-hybridized carbons (Fsp3) is 0.444. The lowest BCUT2D eigenvalue weighted by atomic mass is 10.3. The van der Waals surface area contributed by atoms with E-state index in [2.05, 4.69) is 4.98 Å². The van der Waals surface area contributed by atoms with Gasteiger partial charge < -0.3 is 9.47 Å². The predicted octanol–water partition coefficient (Wildman–Crippen LogP) is -0.301. The number of sulfonamides is 1. The maximum atomic E-state index is 13.1. The van der Waals surface area contributed by atoms with Crippen LogP contribution in [0.5, 0.6) is 0 Å². The third-order valence-electron chi connectivity index (χ3n) is 5.49. The van der Waals surface area contributed by atoms with Crippen LogP contribution in [-0.2, 0) is 21.9 Å². The van der Waals surface area contributed by atoms with E-state index in [0.717, 1.165) is 26.5 Å². The summed E-state index contributed by atoms with van der Waals surface area (Å²) in [5.41, 5.74) is 1.90. The summed E-state index contributed by atoms with van der Waals surface area (Å²) in [5, 5.41) is -1.39. The first-order valence-electron chi connectivity index (χ1n) is 9.26. The number of piperazine rings is 1. The van der Waals surface area contributed by atoms with E-state index in [1.165, 1.54) is 24.6 Å². The molecule has 29 heavy (non-hydrogen) atoms. The molecule has 1 atom stereocenters. The number of rotatable bonds is 3. The number of anilines is 1. The lowest BCUT2D eigenvalue weighted by Crippen LogP contribution is -2.59. The number of aryl methyl sites for hydroxylation is 1. The van der Waals surface area contributed by atoms with Crippen molar-refractivity contribution in [3.8, 4) is 0 Å². The Morgan fingerprint density at radius 3 is 2.38 bits per heavy atom. The molecular weight excluding hydrogens is 396 g/mol. The first-order valence-corrected chi connectivity index (χ1v) is 10.8. The highest BCUT2D eigenvalue weighted by atomic mass is 32.2. The summed E-state index contributed by atoms with van der Waals surface area (Å²) in [5.74, 6) is 0.0551. The van der Waals surface area contributed by atoms with Gasteiger partial charge in [-0.05, 0) is 12.1 Å². The van der Waals surface area contributed by atoms with Crippen LogP contribution in [0.25, 0.3) is 11.0 Å². The molecule has 2 aliphatic heterocycles. The van der Waals surface area contributed by atoms with Crippen LogP contribution in [0, 0.1) is 0 Å². The second kappa shape index (κ2) is 6.92.